The fourth-order valence-electron chi connectivity index (χ4n) is 5.98. The summed E-state index contributed by atoms with van der Waals surface area (Å²) in [6.07, 6.45) is 3.79. The Morgan fingerprint density at radius 2 is 1.58 bits per heavy atom. The number of methoxy groups -OCH3 is 1. The predicted octanol–water partition coefficient (Wildman–Crippen LogP) is 6.75. The topological polar surface area (TPSA) is 156 Å². The summed E-state index contributed by atoms with van der Waals surface area (Å²) in [7, 11) is 3.14. The van der Waals surface area contributed by atoms with Gasteiger partial charge in [-0.3, -0.25) is 14.4 Å². The number of amides is 4. The minimum atomic E-state index is -0.587. The Kier molecular flexibility index (Phi) is 15.7. The molecule has 13 nitrogen and oxygen atoms in total. The maximum Gasteiger partial charge on any atom is 0.407 e. The molecule has 55 heavy (non-hydrogen) atoms. The number of carbonyl (C=O) groups excluding carboxylic acids is 4. The second-order valence-corrected chi connectivity index (χ2v) is 14.6. The second-order valence-electron chi connectivity index (χ2n) is 14.6. The van der Waals surface area contributed by atoms with Gasteiger partial charge in [0.05, 0.1) is 43.4 Å². The summed E-state index contributed by atoms with van der Waals surface area (Å²) in [6, 6.07) is 17.3. The fraction of sp³-hybridized carbons (Fsp3) is 0.476. The average Bonchev–Trinajstić information content (AvgIpc) is 3.15. The van der Waals surface area contributed by atoms with Crippen molar-refractivity contribution < 1.29 is 43.2 Å². The van der Waals surface area contributed by atoms with Crippen LogP contribution in [0.3, 0.4) is 0 Å². The van der Waals surface area contributed by atoms with E-state index in [1.807, 2.05) is 30.0 Å². The molecule has 0 atom stereocenters. The Hall–Kier alpha value is -5.30. The van der Waals surface area contributed by atoms with E-state index in [9.17, 15) is 24.3 Å². The number of likely N-dealkylation sites (tertiary alicyclic amines) is 1. The number of alkyl carbamates (subject to hydrolysis) is 1. The molecule has 0 saturated carbocycles. The van der Waals surface area contributed by atoms with E-state index >= 15 is 0 Å². The summed E-state index contributed by atoms with van der Waals surface area (Å²) >= 11 is 0. The summed E-state index contributed by atoms with van der Waals surface area (Å²) in [5.41, 5.74) is 2.03. The normalized spacial score (nSPS) is 13.1. The summed E-state index contributed by atoms with van der Waals surface area (Å²) in [5, 5.41) is 15.2. The van der Waals surface area contributed by atoms with E-state index in [4.69, 9.17) is 18.9 Å². The number of nitrogens with one attached hydrogen (secondary N) is 2. The smallest absolute Gasteiger partial charge is 0.407 e. The number of carbonyl (C=O) groups is 4. The van der Waals surface area contributed by atoms with Gasteiger partial charge in [0, 0.05) is 38.7 Å². The second kappa shape index (κ2) is 20.4. The zero-order valence-electron chi connectivity index (χ0n) is 32.9. The molecule has 13 heteroatoms. The van der Waals surface area contributed by atoms with Crippen molar-refractivity contribution in [2.24, 2.45) is 0 Å². The zero-order chi connectivity index (χ0) is 40.0. The number of rotatable bonds is 17. The Morgan fingerprint density at radius 1 is 0.873 bits per heavy atom. The molecule has 1 saturated heterocycles. The summed E-state index contributed by atoms with van der Waals surface area (Å²) in [4.78, 5) is 54.9. The van der Waals surface area contributed by atoms with E-state index < -0.39 is 17.6 Å². The van der Waals surface area contributed by atoms with Crippen molar-refractivity contribution in [2.45, 2.75) is 84.3 Å². The highest BCUT2D eigenvalue weighted by Gasteiger charge is 2.23. The number of hydrogen-bond donors (Lipinski definition) is 3. The first kappa shape index (κ1) is 42.4. The molecule has 3 aromatic rings. The minimum Gasteiger partial charge on any atom is -0.495 e. The number of ether oxygens (including phenoxy) is 4. The molecule has 0 aromatic heterocycles. The van der Waals surface area contributed by atoms with E-state index in [2.05, 4.69) is 10.6 Å². The summed E-state index contributed by atoms with van der Waals surface area (Å²) < 4.78 is 22.9. The van der Waals surface area contributed by atoms with Crippen molar-refractivity contribution >= 4 is 35.2 Å². The van der Waals surface area contributed by atoms with E-state index in [0.717, 1.165) is 24.8 Å². The van der Waals surface area contributed by atoms with Crippen molar-refractivity contribution in [1.82, 2.24) is 10.2 Å². The molecular formula is C42H56N4O9. The SMILES string of the molecule is COc1cc(C(=O)N(C)c2ccc(C)cc2OCCCCCC(=O)N2CCC(O)CC2)ccc1NC(=O)c1ccccc1OCCCNC(=O)OC(C)(C)C. The van der Waals surface area contributed by atoms with Gasteiger partial charge in [-0.25, -0.2) is 4.79 Å². The van der Waals surface area contributed by atoms with Crippen LogP contribution in [0.5, 0.6) is 17.2 Å². The van der Waals surface area contributed by atoms with Crippen LogP contribution in [-0.2, 0) is 9.53 Å². The van der Waals surface area contributed by atoms with Crippen molar-refractivity contribution in [3.63, 3.8) is 0 Å². The van der Waals surface area contributed by atoms with Gasteiger partial charge in [0.1, 0.15) is 22.8 Å². The lowest BCUT2D eigenvalue weighted by Crippen LogP contribution is -2.39. The van der Waals surface area contributed by atoms with Crippen LogP contribution in [0.25, 0.3) is 0 Å². The molecular weight excluding hydrogens is 704 g/mol. The highest BCUT2D eigenvalue weighted by atomic mass is 16.6. The van der Waals surface area contributed by atoms with Gasteiger partial charge in [-0.05, 0) is 114 Å². The molecule has 3 N–H and O–H groups in total. The number of hydrogen-bond acceptors (Lipinski definition) is 9. The molecule has 0 radical (unpaired) electrons. The maximum absolute atomic E-state index is 13.8. The van der Waals surface area contributed by atoms with Crippen LogP contribution in [0, 0.1) is 6.92 Å². The van der Waals surface area contributed by atoms with Gasteiger partial charge >= 0.3 is 6.09 Å². The Balaban J connectivity index is 1.31. The van der Waals surface area contributed by atoms with Crippen molar-refractivity contribution in [2.75, 3.05) is 57.2 Å². The third-order valence-electron chi connectivity index (χ3n) is 8.97. The highest BCUT2D eigenvalue weighted by molar-refractivity contribution is 6.09. The van der Waals surface area contributed by atoms with Gasteiger partial charge in [0.15, 0.2) is 0 Å². The van der Waals surface area contributed by atoms with Crippen molar-refractivity contribution in [3.05, 3.63) is 77.4 Å². The van der Waals surface area contributed by atoms with Crippen molar-refractivity contribution in [3.8, 4) is 17.2 Å². The number of nitrogens with zero attached hydrogens (tertiary/aromatic N) is 2. The maximum atomic E-state index is 13.8. The number of benzene rings is 3. The van der Waals surface area contributed by atoms with Crippen LogP contribution in [-0.4, -0.2) is 92.5 Å². The lowest BCUT2D eigenvalue weighted by atomic mass is 10.1. The average molecular weight is 761 g/mol. The molecule has 1 heterocycles. The standard InChI is InChI=1S/C42H56N4O9/c1-29-16-19-34(37(27-29)54-25-11-7-8-15-38(48)46-23-20-31(47)21-24-46)45(5)40(50)30-17-18-33(36(28-30)52-6)44-39(49)32-13-9-10-14-35(32)53-26-12-22-43-41(51)55-42(2,3)4/h9-10,13-14,16-19,27-28,31,47H,7-8,11-12,15,20-26H2,1-6H3,(H,43,51)(H,44,49). The molecule has 0 unspecified atom stereocenters. The number of unbranched alkanes of at least 4 members (excludes halogenated alkanes) is 2. The van der Waals surface area contributed by atoms with E-state index in [1.165, 1.54) is 12.0 Å². The Morgan fingerprint density at radius 3 is 2.31 bits per heavy atom. The van der Waals surface area contributed by atoms with Gasteiger partial charge in [0.2, 0.25) is 5.91 Å². The van der Waals surface area contributed by atoms with Crippen LogP contribution < -0.4 is 29.7 Å². The lowest BCUT2D eigenvalue weighted by molar-refractivity contribution is -0.133. The highest BCUT2D eigenvalue weighted by Crippen LogP contribution is 2.32. The Bertz CT molecular complexity index is 1770. The minimum absolute atomic E-state index is 0.135. The van der Waals surface area contributed by atoms with Gasteiger partial charge in [-0.15, -0.1) is 0 Å². The molecule has 1 fully saturated rings. The van der Waals surface area contributed by atoms with E-state index in [-0.39, 0.29) is 24.5 Å². The van der Waals surface area contributed by atoms with Gasteiger partial charge in [-0.2, -0.15) is 0 Å². The summed E-state index contributed by atoms with van der Waals surface area (Å²) in [5.74, 6) is 0.675. The number of aryl methyl sites for hydroxylation is 1. The predicted molar refractivity (Wildman–Crippen MR) is 211 cm³/mol. The number of piperidine rings is 1. The van der Waals surface area contributed by atoms with Crippen LogP contribution in [0.4, 0.5) is 16.2 Å². The van der Waals surface area contributed by atoms with Crippen LogP contribution in [0.1, 0.15) is 92.0 Å². The molecule has 0 aliphatic carbocycles. The summed E-state index contributed by atoms with van der Waals surface area (Å²) in [6.45, 7) is 9.61. The first-order valence-electron chi connectivity index (χ1n) is 18.9. The lowest BCUT2D eigenvalue weighted by Gasteiger charge is -2.29. The first-order valence-corrected chi connectivity index (χ1v) is 18.9. The quantitative estimate of drug-likeness (QED) is 0.127. The number of aliphatic hydroxyl groups excluding tert-OH is 1. The van der Waals surface area contributed by atoms with Crippen LogP contribution in [0.15, 0.2) is 60.7 Å². The third kappa shape index (κ3) is 13.2. The monoisotopic (exact) mass is 760 g/mol. The third-order valence-corrected chi connectivity index (χ3v) is 8.97. The Labute approximate surface area is 324 Å². The molecule has 4 amide bonds. The molecule has 1 aliphatic heterocycles. The van der Waals surface area contributed by atoms with Crippen LogP contribution in [0.2, 0.25) is 0 Å². The number of anilines is 2. The van der Waals surface area contributed by atoms with Crippen LogP contribution >= 0.6 is 0 Å². The molecule has 298 valence electrons. The van der Waals surface area contributed by atoms with Crippen molar-refractivity contribution in [1.29, 1.82) is 0 Å². The van der Waals surface area contributed by atoms with E-state index in [0.29, 0.717) is 91.7 Å². The van der Waals surface area contributed by atoms with E-state index in [1.54, 1.807) is 70.3 Å². The zero-order valence-corrected chi connectivity index (χ0v) is 32.9. The number of para-hydroxylation sites is 1. The first-order chi connectivity index (χ1) is 26.3. The van der Waals surface area contributed by atoms with Gasteiger partial charge < -0.3 is 44.5 Å². The fourth-order valence-corrected chi connectivity index (χ4v) is 5.98. The molecule has 3 aromatic carbocycles. The molecule has 0 spiro atoms. The number of aliphatic hydroxyl groups is 1. The van der Waals surface area contributed by atoms with Gasteiger partial charge in [-0.1, -0.05) is 18.2 Å². The molecule has 1 aliphatic rings. The largest absolute Gasteiger partial charge is 0.495 e. The molecule has 0 bridgehead atoms. The van der Waals surface area contributed by atoms with Gasteiger partial charge in [0.25, 0.3) is 11.8 Å². The molecule has 4 rings (SSSR count).